The average molecular weight is 825 g/mol. The van der Waals surface area contributed by atoms with Crippen LogP contribution in [0.2, 0.25) is 0 Å². The fraction of sp³-hybridized carbons (Fsp3) is 0.150. The van der Waals surface area contributed by atoms with E-state index < -0.39 is 146 Å². The normalized spacial score (nSPS) is 12.0. The highest BCUT2D eigenvalue weighted by Gasteiger charge is 2.47. The van der Waals surface area contributed by atoms with E-state index in [-0.39, 0.29) is 5.56 Å². The summed E-state index contributed by atoms with van der Waals surface area (Å²) >= 11 is 0. The number of hydrogen-bond acceptors (Lipinski definition) is 1. The molecule has 18 heteroatoms. The second-order valence-electron chi connectivity index (χ2n) is 13.2. The molecular weight excluding hydrogens is 801 g/mol. The molecule has 0 bridgehead atoms. The maximum atomic E-state index is 16.4. The molecule has 0 amide bonds. The predicted octanol–water partition coefficient (Wildman–Crippen LogP) is 9.77. The minimum Gasteiger partial charge on any atom is -0.323 e. The second-order valence-corrected chi connectivity index (χ2v) is 13.2. The summed E-state index contributed by atoms with van der Waals surface area (Å²) in [6.45, 7) is 0.303. The van der Waals surface area contributed by atoms with Gasteiger partial charge in [-0.3, -0.25) is 0 Å². The summed E-state index contributed by atoms with van der Waals surface area (Å²) in [5.74, 6) is -38.2. The molecule has 1 nitrogen and oxygen atoms in total. The Balaban J connectivity index is 2.27. The van der Waals surface area contributed by atoms with E-state index in [9.17, 15) is 13.2 Å². The second kappa shape index (κ2) is 17.1. The monoisotopic (exact) mass is 825 g/mol. The van der Waals surface area contributed by atoms with Crippen LogP contribution in [0.1, 0.15) is 44.4 Å². The van der Waals surface area contributed by atoms with Crippen LogP contribution in [0.5, 0.6) is 0 Å². The molecule has 0 saturated carbocycles. The van der Waals surface area contributed by atoms with Crippen molar-refractivity contribution >= 4 is 35.4 Å². The molecule has 0 saturated heterocycles. The molecule has 5 rings (SSSR count). The van der Waals surface area contributed by atoms with E-state index >= 15 is 52.7 Å². The summed E-state index contributed by atoms with van der Waals surface area (Å²) in [5.41, 5.74) is -10.4. The van der Waals surface area contributed by atoms with Gasteiger partial charge in [0.15, 0.2) is 81.4 Å². The van der Waals surface area contributed by atoms with E-state index in [1.807, 2.05) is 0 Å². The van der Waals surface area contributed by atoms with Crippen molar-refractivity contribution < 1.29 is 65.9 Å². The standard InChI is InChI=1S/C40H24B2F15N/c1-17(2)58(18(3)4)41(16-15-19-11-7-5-8-12-19)22(20-13-9-6-10-14-20)23(21-26(43)32(49)38(55)33(50)27(21)44)42(24-28(45)34(51)39(56)35(52)29(24)46)25-30(47)36(53)40(57)37(54)31(25)48/h5-14,17-18H,1-4H3/b23-22-. The number of benzene rings is 5. The van der Waals surface area contributed by atoms with Crippen LogP contribution < -0.4 is 10.9 Å². The van der Waals surface area contributed by atoms with Crippen molar-refractivity contribution in [2.75, 3.05) is 0 Å². The zero-order valence-corrected chi connectivity index (χ0v) is 30.2. The van der Waals surface area contributed by atoms with Gasteiger partial charge in [-0.05, 0) is 35.3 Å². The molecule has 5 aromatic carbocycles. The molecule has 0 atom stereocenters. The van der Waals surface area contributed by atoms with Gasteiger partial charge in [0.2, 0.25) is 5.82 Å². The Morgan fingerprint density at radius 3 is 1.12 bits per heavy atom. The molecule has 0 spiro atoms. The van der Waals surface area contributed by atoms with Gasteiger partial charge in [-0.2, -0.15) is 0 Å². The highest BCUT2D eigenvalue weighted by Crippen LogP contribution is 2.39. The molecule has 0 unspecified atom stereocenters. The Hall–Kier alpha value is -5.56. The fourth-order valence-corrected chi connectivity index (χ4v) is 6.70. The molecule has 5 aromatic rings. The largest absolute Gasteiger partial charge is 0.346 e. The van der Waals surface area contributed by atoms with E-state index in [1.54, 1.807) is 6.07 Å². The van der Waals surface area contributed by atoms with E-state index in [2.05, 4.69) is 11.7 Å². The molecule has 300 valence electrons. The highest BCUT2D eigenvalue weighted by atomic mass is 19.2. The lowest BCUT2D eigenvalue weighted by molar-refractivity contribution is 0.311. The van der Waals surface area contributed by atoms with Crippen molar-refractivity contribution in [3.63, 3.8) is 0 Å². The van der Waals surface area contributed by atoms with Crippen molar-refractivity contribution in [1.29, 1.82) is 0 Å². The number of nitrogens with zero attached hydrogens (tertiary/aromatic N) is 1. The third-order valence-electron chi connectivity index (χ3n) is 9.10. The maximum Gasteiger partial charge on any atom is 0.346 e. The molecular formula is C40H24B2F15N. The predicted molar refractivity (Wildman–Crippen MR) is 188 cm³/mol. The van der Waals surface area contributed by atoms with Crippen LogP contribution in [0.3, 0.4) is 0 Å². The third-order valence-corrected chi connectivity index (χ3v) is 9.10. The summed E-state index contributed by atoms with van der Waals surface area (Å²) in [6, 6.07) is 11.7. The molecule has 0 aliphatic heterocycles. The van der Waals surface area contributed by atoms with Crippen LogP contribution >= 0.6 is 0 Å². The van der Waals surface area contributed by atoms with Crippen molar-refractivity contribution in [3.05, 3.63) is 165 Å². The first-order valence-corrected chi connectivity index (χ1v) is 16.9. The lowest BCUT2D eigenvalue weighted by Gasteiger charge is -2.37. The molecule has 0 radical (unpaired) electrons. The first-order valence-electron chi connectivity index (χ1n) is 16.9. The Morgan fingerprint density at radius 2 is 0.759 bits per heavy atom. The molecule has 0 N–H and O–H groups in total. The van der Waals surface area contributed by atoms with Crippen molar-refractivity contribution in [3.8, 4) is 11.7 Å². The van der Waals surface area contributed by atoms with E-state index in [4.69, 9.17) is 0 Å². The van der Waals surface area contributed by atoms with Crippen molar-refractivity contribution in [2.45, 2.75) is 39.8 Å². The van der Waals surface area contributed by atoms with Gasteiger partial charge >= 0.3 is 6.85 Å². The van der Waals surface area contributed by atoms with Crippen molar-refractivity contribution in [1.82, 2.24) is 4.81 Å². The Labute approximate surface area is 322 Å². The number of rotatable bonds is 9. The van der Waals surface area contributed by atoms with Gasteiger partial charge < -0.3 is 4.81 Å². The van der Waals surface area contributed by atoms with Gasteiger partial charge in [-0.1, -0.05) is 87.6 Å². The van der Waals surface area contributed by atoms with E-state index in [0.29, 0.717) is 0 Å². The first kappa shape index (κ1) is 43.6. The molecule has 0 heterocycles. The Bertz CT molecular complexity index is 2330. The summed E-state index contributed by atoms with van der Waals surface area (Å²) < 4.78 is 232. The molecule has 0 fully saturated rings. The average Bonchev–Trinajstić information content (AvgIpc) is 3.20. The summed E-state index contributed by atoms with van der Waals surface area (Å²) in [5, 5.41) is 0. The molecule has 0 aliphatic rings. The van der Waals surface area contributed by atoms with Gasteiger partial charge in [-0.15, -0.1) is 5.82 Å². The smallest absolute Gasteiger partial charge is 0.323 e. The lowest BCUT2D eigenvalue weighted by Crippen LogP contribution is -2.54. The van der Waals surface area contributed by atoms with E-state index in [0.717, 1.165) is 12.1 Å². The van der Waals surface area contributed by atoms with Crippen molar-refractivity contribution in [2.24, 2.45) is 0 Å². The minimum atomic E-state index is -3.81. The van der Waals surface area contributed by atoms with Gasteiger partial charge in [0, 0.05) is 22.1 Å². The van der Waals surface area contributed by atoms with Crippen LogP contribution in [0.15, 0.2) is 60.7 Å². The van der Waals surface area contributed by atoms with Crippen LogP contribution in [-0.4, -0.2) is 30.5 Å². The van der Waals surface area contributed by atoms with Gasteiger partial charge in [0.05, 0.1) is 0 Å². The zero-order valence-electron chi connectivity index (χ0n) is 30.2. The van der Waals surface area contributed by atoms with Crippen LogP contribution in [-0.2, 0) is 0 Å². The number of halogens is 15. The molecule has 58 heavy (non-hydrogen) atoms. The zero-order chi connectivity index (χ0) is 43.1. The SMILES string of the molecule is CC(C)N(B(C#Cc1ccccc1)/C(=C(\B(c1c(F)c(F)c(F)c(F)c1F)c1c(F)c(F)c(F)c(F)c1F)c1c(F)c(F)c(F)c(F)c1F)c1ccccc1)C(C)C. The van der Waals surface area contributed by atoms with Crippen LogP contribution in [0, 0.1) is 99.0 Å². The number of hydrogen-bond donors (Lipinski definition) is 0. The van der Waals surface area contributed by atoms with Gasteiger partial charge in [0.25, 0.3) is 6.71 Å². The molecule has 0 aliphatic carbocycles. The maximum absolute atomic E-state index is 16.4. The van der Waals surface area contributed by atoms with Gasteiger partial charge in [-0.25, -0.2) is 65.9 Å². The minimum absolute atomic E-state index is 0.196. The van der Waals surface area contributed by atoms with Crippen LogP contribution in [0.4, 0.5) is 65.9 Å². The quantitative estimate of drug-likeness (QED) is 0.0358. The highest BCUT2D eigenvalue weighted by molar-refractivity contribution is 7.04. The summed E-state index contributed by atoms with van der Waals surface area (Å²) in [7, 11) is 0. The summed E-state index contributed by atoms with van der Waals surface area (Å²) in [4.78, 5) is 1.36. The summed E-state index contributed by atoms with van der Waals surface area (Å²) in [6.07, 6.45) is 0. The fourth-order valence-electron chi connectivity index (χ4n) is 6.70. The van der Waals surface area contributed by atoms with Crippen LogP contribution in [0.25, 0.3) is 10.9 Å². The lowest BCUT2D eigenvalue weighted by atomic mass is 9.31. The molecule has 0 aromatic heterocycles. The van der Waals surface area contributed by atoms with E-state index in [1.165, 1.54) is 75.0 Å². The third kappa shape index (κ3) is 7.59. The van der Waals surface area contributed by atoms with Gasteiger partial charge in [0.1, 0.15) is 0 Å². The Morgan fingerprint density at radius 1 is 0.431 bits per heavy atom. The topological polar surface area (TPSA) is 3.24 Å². The Kier molecular flexibility index (Phi) is 12.9. The first-order chi connectivity index (χ1) is 27.3.